The summed E-state index contributed by atoms with van der Waals surface area (Å²) < 4.78 is 16.5. The van der Waals surface area contributed by atoms with Gasteiger partial charge in [-0.05, 0) is 24.6 Å². The molecule has 0 spiro atoms. The molecule has 0 aromatic heterocycles. The van der Waals surface area contributed by atoms with Crippen LogP contribution in [0.25, 0.3) is 0 Å². The van der Waals surface area contributed by atoms with Crippen LogP contribution in [0.1, 0.15) is 18.5 Å². The zero-order chi connectivity index (χ0) is 16.1. The number of amides is 1. The van der Waals surface area contributed by atoms with E-state index in [1.807, 2.05) is 37.3 Å². The molecule has 1 aliphatic heterocycles. The lowest BCUT2D eigenvalue weighted by atomic mass is 10.1. The molecule has 2 aromatic rings. The normalized spacial score (nSPS) is 14.0. The summed E-state index contributed by atoms with van der Waals surface area (Å²) in [6.45, 7) is 2.96. The average molecular weight is 313 g/mol. The molecule has 0 saturated carbocycles. The van der Waals surface area contributed by atoms with Crippen LogP contribution in [0.3, 0.4) is 0 Å². The van der Waals surface area contributed by atoms with E-state index in [1.165, 1.54) is 0 Å². The number of nitrogens with one attached hydrogen (secondary N) is 1. The molecule has 0 bridgehead atoms. The summed E-state index contributed by atoms with van der Waals surface area (Å²) >= 11 is 0. The van der Waals surface area contributed by atoms with Crippen molar-refractivity contribution in [2.75, 3.05) is 19.8 Å². The molecule has 0 radical (unpaired) electrons. The molecule has 1 atom stereocenters. The lowest BCUT2D eigenvalue weighted by molar-refractivity contribution is -0.123. The molecule has 5 nitrogen and oxygen atoms in total. The molecular weight excluding hydrogens is 294 g/mol. The average Bonchev–Trinajstić information content (AvgIpc) is 2.60. The van der Waals surface area contributed by atoms with Crippen LogP contribution in [0.15, 0.2) is 48.5 Å². The largest absolute Gasteiger partial charge is 0.486 e. The van der Waals surface area contributed by atoms with Gasteiger partial charge in [0.25, 0.3) is 5.91 Å². The van der Waals surface area contributed by atoms with Gasteiger partial charge in [0.2, 0.25) is 0 Å². The third kappa shape index (κ3) is 3.94. The first-order chi connectivity index (χ1) is 11.2. The molecule has 0 aliphatic carbocycles. The molecule has 3 rings (SSSR count). The molecular formula is C18H19NO4. The van der Waals surface area contributed by atoms with Gasteiger partial charge >= 0.3 is 0 Å². The second-order valence-corrected chi connectivity index (χ2v) is 5.29. The van der Waals surface area contributed by atoms with Crippen molar-refractivity contribution in [2.45, 2.75) is 13.0 Å². The second kappa shape index (κ2) is 7.05. The number of ether oxygens (including phenoxy) is 3. The molecule has 1 N–H and O–H groups in total. The first-order valence-electron chi connectivity index (χ1n) is 7.59. The third-order valence-corrected chi connectivity index (χ3v) is 3.56. The van der Waals surface area contributed by atoms with E-state index in [4.69, 9.17) is 14.2 Å². The number of carbonyl (C=O) groups is 1. The number of benzene rings is 2. The van der Waals surface area contributed by atoms with Crippen LogP contribution in [0, 0.1) is 0 Å². The van der Waals surface area contributed by atoms with E-state index in [1.54, 1.807) is 18.2 Å². The minimum Gasteiger partial charge on any atom is -0.486 e. The highest BCUT2D eigenvalue weighted by Gasteiger charge is 2.13. The first-order valence-corrected chi connectivity index (χ1v) is 7.59. The van der Waals surface area contributed by atoms with Crippen LogP contribution in [-0.4, -0.2) is 25.7 Å². The number of hydrogen-bond acceptors (Lipinski definition) is 4. The molecule has 5 heteroatoms. The van der Waals surface area contributed by atoms with E-state index in [-0.39, 0.29) is 18.6 Å². The van der Waals surface area contributed by atoms with Crippen molar-refractivity contribution < 1.29 is 19.0 Å². The maximum atomic E-state index is 12.0. The Morgan fingerprint density at radius 3 is 2.65 bits per heavy atom. The third-order valence-electron chi connectivity index (χ3n) is 3.56. The Morgan fingerprint density at radius 2 is 1.87 bits per heavy atom. The molecule has 1 aliphatic rings. The highest BCUT2D eigenvalue weighted by molar-refractivity contribution is 5.78. The van der Waals surface area contributed by atoms with Gasteiger partial charge in [-0.1, -0.05) is 30.3 Å². The maximum absolute atomic E-state index is 12.0. The Kier molecular flexibility index (Phi) is 4.66. The molecule has 1 heterocycles. The van der Waals surface area contributed by atoms with E-state index in [0.29, 0.717) is 30.5 Å². The highest BCUT2D eigenvalue weighted by Crippen LogP contribution is 2.33. The van der Waals surface area contributed by atoms with Crippen LogP contribution in [-0.2, 0) is 4.79 Å². The smallest absolute Gasteiger partial charge is 0.258 e. The fraction of sp³-hybridized carbons (Fsp3) is 0.278. The Bertz CT molecular complexity index is 672. The van der Waals surface area contributed by atoms with Crippen LogP contribution in [0.2, 0.25) is 0 Å². The van der Waals surface area contributed by atoms with Crippen molar-refractivity contribution in [3.05, 3.63) is 54.1 Å². The van der Waals surface area contributed by atoms with E-state index in [9.17, 15) is 4.79 Å². The van der Waals surface area contributed by atoms with E-state index in [0.717, 1.165) is 5.56 Å². The molecule has 1 unspecified atom stereocenters. The summed E-state index contributed by atoms with van der Waals surface area (Å²) in [5, 5.41) is 2.91. The predicted molar refractivity (Wildman–Crippen MR) is 85.9 cm³/mol. The van der Waals surface area contributed by atoms with Crippen molar-refractivity contribution >= 4 is 5.91 Å². The number of carbonyl (C=O) groups excluding carboxylic acids is 1. The first kappa shape index (κ1) is 15.2. The van der Waals surface area contributed by atoms with Crippen molar-refractivity contribution in [1.29, 1.82) is 0 Å². The van der Waals surface area contributed by atoms with Crippen molar-refractivity contribution in [3.8, 4) is 17.2 Å². The van der Waals surface area contributed by atoms with Gasteiger partial charge in [0, 0.05) is 6.07 Å². The topological polar surface area (TPSA) is 56.8 Å². The predicted octanol–water partition coefficient (Wildman–Crippen LogP) is 2.71. The summed E-state index contributed by atoms with van der Waals surface area (Å²) in [6, 6.07) is 15.0. The fourth-order valence-corrected chi connectivity index (χ4v) is 2.37. The van der Waals surface area contributed by atoms with Crippen LogP contribution >= 0.6 is 0 Å². The number of fused-ring (bicyclic) bond motifs is 1. The van der Waals surface area contributed by atoms with Gasteiger partial charge in [-0.3, -0.25) is 4.79 Å². The maximum Gasteiger partial charge on any atom is 0.258 e. The van der Waals surface area contributed by atoms with E-state index < -0.39 is 0 Å². The van der Waals surface area contributed by atoms with Crippen LogP contribution in [0.4, 0.5) is 0 Å². The highest BCUT2D eigenvalue weighted by atomic mass is 16.6. The minimum absolute atomic E-state index is 0.0448. The Balaban J connectivity index is 1.53. The van der Waals surface area contributed by atoms with Gasteiger partial charge in [-0.15, -0.1) is 0 Å². The molecule has 1 amide bonds. The Labute approximate surface area is 135 Å². The van der Waals surface area contributed by atoms with Crippen molar-refractivity contribution in [3.63, 3.8) is 0 Å². The van der Waals surface area contributed by atoms with Gasteiger partial charge in [-0.25, -0.2) is 0 Å². The number of hydrogen-bond donors (Lipinski definition) is 1. The quantitative estimate of drug-likeness (QED) is 0.922. The van der Waals surface area contributed by atoms with Gasteiger partial charge < -0.3 is 19.5 Å². The van der Waals surface area contributed by atoms with Gasteiger partial charge in [0.05, 0.1) is 6.04 Å². The molecule has 0 saturated heterocycles. The van der Waals surface area contributed by atoms with Gasteiger partial charge in [0.1, 0.15) is 19.0 Å². The summed E-state index contributed by atoms with van der Waals surface area (Å²) in [5.41, 5.74) is 1.06. The molecule has 120 valence electrons. The van der Waals surface area contributed by atoms with Crippen molar-refractivity contribution in [2.24, 2.45) is 0 Å². The van der Waals surface area contributed by atoms with Gasteiger partial charge in [-0.2, -0.15) is 0 Å². The zero-order valence-corrected chi connectivity index (χ0v) is 13.0. The van der Waals surface area contributed by atoms with E-state index in [2.05, 4.69) is 5.32 Å². The molecule has 0 fully saturated rings. The Hall–Kier alpha value is -2.69. The summed E-state index contributed by atoms with van der Waals surface area (Å²) in [5.74, 6) is 1.76. The molecule has 23 heavy (non-hydrogen) atoms. The van der Waals surface area contributed by atoms with Gasteiger partial charge in [0.15, 0.2) is 18.1 Å². The van der Waals surface area contributed by atoms with Crippen LogP contribution in [0.5, 0.6) is 17.2 Å². The SMILES string of the molecule is CC(NC(=O)COc1ccc2c(c1)OCCO2)c1ccccc1. The zero-order valence-electron chi connectivity index (χ0n) is 13.0. The summed E-state index contributed by atoms with van der Waals surface area (Å²) in [7, 11) is 0. The number of rotatable bonds is 5. The van der Waals surface area contributed by atoms with E-state index >= 15 is 0 Å². The second-order valence-electron chi connectivity index (χ2n) is 5.29. The lowest BCUT2D eigenvalue weighted by Crippen LogP contribution is -2.31. The molecule has 2 aromatic carbocycles. The summed E-state index contributed by atoms with van der Waals surface area (Å²) in [4.78, 5) is 12.0. The standard InChI is InChI=1S/C18H19NO4/c1-13(14-5-3-2-4-6-14)19-18(20)12-23-15-7-8-16-17(11-15)22-10-9-21-16/h2-8,11,13H,9-10,12H2,1H3,(H,19,20). The fourth-order valence-electron chi connectivity index (χ4n) is 2.37. The minimum atomic E-state index is -0.170. The Morgan fingerprint density at radius 1 is 1.13 bits per heavy atom. The van der Waals surface area contributed by atoms with Crippen molar-refractivity contribution in [1.82, 2.24) is 5.32 Å². The monoisotopic (exact) mass is 313 g/mol. The summed E-state index contributed by atoms with van der Waals surface area (Å²) in [6.07, 6.45) is 0. The van der Waals surface area contributed by atoms with Crippen LogP contribution < -0.4 is 19.5 Å². The lowest BCUT2D eigenvalue weighted by Gasteiger charge is -2.19.